The van der Waals surface area contributed by atoms with Gasteiger partial charge in [0.1, 0.15) is 12.1 Å². The van der Waals surface area contributed by atoms with Gasteiger partial charge in [0, 0.05) is 31.6 Å². The fourth-order valence-corrected chi connectivity index (χ4v) is 4.74. The normalized spacial score (nSPS) is 17.4. The molecule has 9 nitrogen and oxygen atoms in total. The zero-order chi connectivity index (χ0) is 25.1. The summed E-state index contributed by atoms with van der Waals surface area (Å²) in [6.07, 6.45) is -0.0871. The van der Waals surface area contributed by atoms with Crippen LogP contribution in [0.15, 0.2) is 53.4 Å². The third-order valence-electron chi connectivity index (χ3n) is 6.34. The number of benzene rings is 1. The molecule has 0 unspecified atom stereocenters. The average molecular weight is 491 g/mol. The first-order valence-corrected chi connectivity index (χ1v) is 11.0. The molecule has 5 rings (SSSR count). The number of aromatic amines is 1. The third-order valence-corrected chi connectivity index (χ3v) is 6.34. The van der Waals surface area contributed by atoms with Gasteiger partial charge in [-0.15, -0.1) is 0 Å². The van der Waals surface area contributed by atoms with Gasteiger partial charge in [-0.25, -0.2) is 9.78 Å². The number of likely N-dealkylation sites (tertiary alicyclic amines) is 1. The van der Waals surface area contributed by atoms with Crippen molar-refractivity contribution in [3.8, 4) is 0 Å². The van der Waals surface area contributed by atoms with E-state index in [4.69, 9.17) is 14.3 Å². The number of nitrogens with zero attached hydrogens (tertiary/aromatic N) is 4. The van der Waals surface area contributed by atoms with Gasteiger partial charge in [-0.1, -0.05) is 24.3 Å². The van der Waals surface area contributed by atoms with Gasteiger partial charge < -0.3 is 14.4 Å². The standard InChI is InChI=1S/C21H23N5O2.C2HF3O2/c27-20(19-22-15-23-24-19)26-9-7-21(8-10-26)14-25(13-17-5-3-11-28-17)12-16-4-1-2-6-18(16)21;3-2(4,5)1(6)7/h1-6,11,15H,7-10,12-14H2,(H,22,23,24);(H,6,7). The number of hydrogen-bond donors (Lipinski definition) is 2. The Kier molecular flexibility index (Phi) is 6.92. The number of H-pyrrole nitrogens is 1. The molecule has 1 amide bonds. The van der Waals surface area contributed by atoms with E-state index in [2.05, 4.69) is 44.3 Å². The Bertz CT molecular complexity index is 1140. The Morgan fingerprint density at radius 3 is 2.46 bits per heavy atom. The maximum atomic E-state index is 12.6. The quantitative estimate of drug-likeness (QED) is 0.578. The summed E-state index contributed by atoms with van der Waals surface area (Å²) in [6.45, 7) is 4.17. The lowest BCUT2D eigenvalue weighted by Crippen LogP contribution is -2.52. The van der Waals surface area contributed by atoms with Crippen LogP contribution < -0.4 is 0 Å². The fraction of sp³-hybridized carbons (Fsp3) is 0.391. The van der Waals surface area contributed by atoms with Gasteiger partial charge in [-0.3, -0.25) is 14.8 Å². The number of amides is 1. The Labute approximate surface area is 198 Å². The highest BCUT2D eigenvalue weighted by Crippen LogP contribution is 2.42. The number of carbonyl (C=O) groups is 2. The van der Waals surface area contributed by atoms with Crippen LogP contribution >= 0.6 is 0 Å². The molecular weight excluding hydrogens is 467 g/mol. The van der Waals surface area contributed by atoms with Crippen LogP contribution in [0.5, 0.6) is 0 Å². The Hall–Kier alpha value is -3.67. The van der Waals surface area contributed by atoms with Gasteiger partial charge in [0.25, 0.3) is 5.91 Å². The predicted molar refractivity (Wildman–Crippen MR) is 116 cm³/mol. The van der Waals surface area contributed by atoms with Gasteiger partial charge in [-0.2, -0.15) is 18.3 Å². The summed E-state index contributed by atoms with van der Waals surface area (Å²) in [5.41, 5.74) is 2.90. The molecule has 4 heterocycles. The SMILES string of the molecule is O=C(O)C(F)(F)F.O=C(c1ncn[nH]1)N1CCC2(CC1)CN(Cc1ccco1)Cc1ccccc12. The largest absolute Gasteiger partial charge is 0.490 e. The van der Waals surface area contributed by atoms with Crippen molar-refractivity contribution in [2.45, 2.75) is 37.5 Å². The van der Waals surface area contributed by atoms with Gasteiger partial charge in [-0.05, 0) is 36.1 Å². The molecule has 3 aromatic rings. The van der Waals surface area contributed by atoms with Crippen molar-refractivity contribution in [3.63, 3.8) is 0 Å². The molecule has 35 heavy (non-hydrogen) atoms. The lowest BCUT2D eigenvalue weighted by Gasteiger charge is -2.48. The number of halogens is 3. The van der Waals surface area contributed by atoms with Crippen LogP contribution in [0.4, 0.5) is 13.2 Å². The van der Waals surface area contributed by atoms with E-state index in [0.717, 1.165) is 51.3 Å². The number of aliphatic carboxylic acids is 1. The summed E-state index contributed by atoms with van der Waals surface area (Å²) in [5, 5.41) is 13.6. The predicted octanol–water partition coefficient (Wildman–Crippen LogP) is 3.22. The molecule has 1 saturated heterocycles. The minimum absolute atomic E-state index is 0.0658. The molecule has 1 fully saturated rings. The molecule has 2 aliphatic rings. The van der Waals surface area contributed by atoms with Gasteiger partial charge in [0.2, 0.25) is 5.82 Å². The minimum atomic E-state index is -5.08. The van der Waals surface area contributed by atoms with Crippen LogP contribution in [0.1, 0.15) is 40.3 Å². The molecular formula is C23H24F3N5O4. The summed E-state index contributed by atoms with van der Waals surface area (Å²) >= 11 is 0. The van der Waals surface area contributed by atoms with E-state index >= 15 is 0 Å². The van der Waals surface area contributed by atoms with Crippen molar-refractivity contribution < 1.29 is 32.3 Å². The molecule has 186 valence electrons. The van der Waals surface area contributed by atoms with Crippen LogP contribution in [0.2, 0.25) is 0 Å². The number of carboxylic acids is 1. The highest BCUT2D eigenvalue weighted by molar-refractivity contribution is 5.90. The lowest BCUT2D eigenvalue weighted by atomic mass is 9.69. The van der Waals surface area contributed by atoms with Gasteiger partial charge in [0.15, 0.2) is 0 Å². The van der Waals surface area contributed by atoms with Crippen LogP contribution in [0.3, 0.4) is 0 Å². The second-order valence-electron chi connectivity index (χ2n) is 8.59. The number of fused-ring (bicyclic) bond motifs is 2. The van der Waals surface area contributed by atoms with Crippen LogP contribution in [-0.4, -0.2) is 67.8 Å². The summed E-state index contributed by atoms with van der Waals surface area (Å²) in [7, 11) is 0. The monoisotopic (exact) mass is 491 g/mol. The molecule has 0 atom stereocenters. The van der Waals surface area contributed by atoms with E-state index in [-0.39, 0.29) is 11.3 Å². The number of rotatable bonds is 3. The zero-order valence-electron chi connectivity index (χ0n) is 18.7. The highest BCUT2D eigenvalue weighted by atomic mass is 19.4. The summed E-state index contributed by atoms with van der Waals surface area (Å²) < 4.78 is 37.3. The molecule has 12 heteroatoms. The Morgan fingerprint density at radius 1 is 1.14 bits per heavy atom. The van der Waals surface area contributed by atoms with Gasteiger partial charge in [0.05, 0.1) is 12.8 Å². The minimum Gasteiger partial charge on any atom is -0.475 e. The van der Waals surface area contributed by atoms with Crippen molar-refractivity contribution in [3.05, 3.63) is 71.7 Å². The third kappa shape index (κ3) is 5.53. The highest BCUT2D eigenvalue weighted by Gasteiger charge is 2.43. The molecule has 0 radical (unpaired) electrons. The maximum absolute atomic E-state index is 12.6. The van der Waals surface area contributed by atoms with E-state index in [1.807, 2.05) is 17.0 Å². The van der Waals surface area contributed by atoms with E-state index in [1.54, 1.807) is 6.26 Å². The van der Waals surface area contributed by atoms with E-state index in [0.29, 0.717) is 5.82 Å². The molecule has 1 aromatic carbocycles. The van der Waals surface area contributed by atoms with Crippen molar-refractivity contribution >= 4 is 11.9 Å². The average Bonchev–Trinajstić information content (AvgIpc) is 3.54. The molecule has 1 spiro atoms. The molecule has 2 N–H and O–H groups in total. The number of alkyl halides is 3. The van der Waals surface area contributed by atoms with Crippen molar-refractivity contribution in [1.29, 1.82) is 0 Å². The van der Waals surface area contributed by atoms with Crippen molar-refractivity contribution in [2.75, 3.05) is 19.6 Å². The topological polar surface area (TPSA) is 116 Å². The number of nitrogens with one attached hydrogen (secondary N) is 1. The van der Waals surface area contributed by atoms with E-state index in [1.165, 1.54) is 17.5 Å². The first-order chi connectivity index (χ1) is 16.7. The fourth-order valence-electron chi connectivity index (χ4n) is 4.74. The Balaban J connectivity index is 0.000000364. The lowest BCUT2D eigenvalue weighted by molar-refractivity contribution is -0.192. The number of carbonyl (C=O) groups excluding carboxylic acids is 1. The van der Waals surface area contributed by atoms with Crippen LogP contribution in [0.25, 0.3) is 0 Å². The number of piperidine rings is 1. The molecule has 0 saturated carbocycles. The molecule has 2 aliphatic heterocycles. The number of hydrogen-bond acceptors (Lipinski definition) is 6. The number of aromatic nitrogens is 3. The van der Waals surface area contributed by atoms with E-state index in [9.17, 15) is 18.0 Å². The molecule has 0 bridgehead atoms. The van der Waals surface area contributed by atoms with Crippen LogP contribution in [0, 0.1) is 0 Å². The summed E-state index contributed by atoms with van der Waals surface area (Å²) in [6, 6.07) is 12.7. The Morgan fingerprint density at radius 2 is 1.86 bits per heavy atom. The second kappa shape index (κ2) is 9.90. The smallest absolute Gasteiger partial charge is 0.475 e. The van der Waals surface area contributed by atoms with Crippen molar-refractivity contribution in [2.24, 2.45) is 0 Å². The maximum Gasteiger partial charge on any atom is 0.490 e. The van der Waals surface area contributed by atoms with Gasteiger partial charge >= 0.3 is 12.1 Å². The molecule has 0 aliphatic carbocycles. The number of carboxylic acid groups (broad SMARTS) is 1. The molecule has 2 aromatic heterocycles. The van der Waals surface area contributed by atoms with Crippen molar-refractivity contribution in [1.82, 2.24) is 25.0 Å². The summed E-state index contributed by atoms with van der Waals surface area (Å²) in [4.78, 5) is 29.9. The first-order valence-electron chi connectivity index (χ1n) is 11.0. The zero-order valence-corrected chi connectivity index (χ0v) is 18.7. The first kappa shape index (κ1) is 24.5. The van der Waals surface area contributed by atoms with E-state index < -0.39 is 12.1 Å². The second-order valence-corrected chi connectivity index (χ2v) is 8.59. The van der Waals surface area contributed by atoms with Crippen LogP contribution in [-0.2, 0) is 23.3 Å². The summed E-state index contributed by atoms with van der Waals surface area (Å²) in [5.74, 6) is -1.51. The number of furan rings is 1.